The summed E-state index contributed by atoms with van der Waals surface area (Å²) < 4.78 is 0. The molecule has 1 amide bonds. The smallest absolute Gasteiger partial charge is 0.270 e. The standard InChI is InChI=1S/C16H19N3O.ClH/c17-13-7-4-10-19(11-13)16(20)15-9-8-14(18-15)12-5-2-1-3-6-12;/h1-3,5-6,8-9,13,18H,4,7,10-11,17H2;1H. The van der Waals surface area contributed by atoms with Gasteiger partial charge in [-0.1, -0.05) is 30.3 Å². The number of amides is 1. The van der Waals surface area contributed by atoms with Gasteiger partial charge in [-0.25, -0.2) is 0 Å². The maximum atomic E-state index is 12.4. The number of hydrogen-bond acceptors (Lipinski definition) is 2. The number of piperidine rings is 1. The highest BCUT2D eigenvalue weighted by Gasteiger charge is 2.23. The Morgan fingerprint density at radius 2 is 1.95 bits per heavy atom. The van der Waals surface area contributed by atoms with E-state index in [0.717, 1.165) is 30.6 Å². The molecule has 1 saturated heterocycles. The lowest BCUT2D eigenvalue weighted by atomic mass is 10.1. The number of halogens is 1. The molecule has 1 aromatic heterocycles. The molecule has 0 aliphatic carbocycles. The van der Waals surface area contributed by atoms with Gasteiger partial charge in [-0.15, -0.1) is 12.4 Å². The van der Waals surface area contributed by atoms with Crippen molar-refractivity contribution >= 4 is 18.3 Å². The number of aromatic nitrogens is 1. The van der Waals surface area contributed by atoms with Crippen LogP contribution >= 0.6 is 12.4 Å². The topological polar surface area (TPSA) is 62.1 Å². The lowest BCUT2D eigenvalue weighted by molar-refractivity contribution is 0.0703. The number of carbonyl (C=O) groups is 1. The first-order valence-electron chi connectivity index (χ1n) is 7.03. The predicted molar refractivity (Wildman–Crippen MR) is 86.6 cm³/mol. The maximum Gasteiger partial charge on any atom is 0.270 e. The monoisotopic (exact) mass is 305 g/mol. The minimum atomic E-state index is 0. The summed E-state index contributed by atoms with van der Waals surface area (Å²) in [6.45, 7) is 1.45. The first-order chi connectivity index (χ1) is 9.74. The van der Waals surface area contributed by atoms with Crippen molar-refractivity contribution in [2.24, 2.45) is 5.73 Å². The van der Waals surface area contributed by atoms with Crippen molar-refractivity contribution in [3.05, 3.63) is 48.2 Å². The molecular formula is C16H20ClN3O. The second-order valence-corrected chi connectivity index (χ2v) is 5.31. The molecule has 3 rings (SSSR count). The highest BCUT2D eigenvalue weighted by molar-refractivity contribution is 5.93. The van der Waals surface area contributed by atoms with Gasteiger partial charge in [0.25, 0.3) is 5.91 Å². The third-order valence-electron chi connectivity index (χ3n) is 3.75. The van der Waals surface area contributed by atoms with Gasteiger partial charge >= 0.3 is 0 Å². The fourth-order valence-electron chi connectivity index (χ4n) is 2.67. The Bertz CT molecular complexity index is 597. The first kappa shape index (κ1) is 15.6. The van der Waals surface area contributed by atoms with Gasteiger partial charge < -0.3 is 15.6 Å². The van der Waals surface area contributed by atoms with Crippen molar-refractivity contribution in [2.75, 3.05) is 13.1 Å². The van der Waals surface area contributed by atoms with Crippen molar-refractivity contribution < 1.29 is 4.79 Å². The quantitative estimate of drug-likeness (QED) is 0.896. The molecule has 3 N–H and O–H groups in total. The predicted octanol–water partition coefficient (Wildman–Crippen LogP) is 2.67. The Balaban J connectivity index is 0.00000161. The van der Waals surface area contributed by atoms with Crippen molar-refractivity contribution in [2.45, 2.75) is 18.9 Å². The van der Waals surface area contributed by atoms with Crippen LogP contribution < -0.4 is 5.73 Å². The van der Waals surface area contributed by atoms with E-state index in [1.807, 2.05) is 47.4 Å². The van der Waals surface area contributed by atoms with Crippen LogP contribution in [0, 0.1) is 0 Å². The van der Waals surface area contributed by atoms with E-state index in [1.165, 1.54) is 0 Å². The van der Waals surface area contributed by atoms with Crippen LogP contribution in [0.5, 0.6) is 0 Å². The fraction of sp³-hybridized carbons (Fsp3) is 0.312. The first-order valence-corrected chi connectivity index (χ1v) is 7.03. The van der Waals surface area contributed by atoms with E-state index in [4.69, 9.17) is 5.73 Å². The zero-order valence-corrected chi connectivity index (χ0v) is 12.6. The van der Waals surface area contributed by atoms with Gasteiger partial charge in [0.1, 0.15) is 5.69 Å². The molecule has 1 fully saturated rings. The zero-order chi connectivity index (χ0) is 13.9. The van der Waals surface area contributed by atoms with Crippen LogP contribution in [0.1, 0.15) is 23.3 Å². The zero-order valence-electron chi connectivity index (χ0n) is 11.8. The molecule has 5 heteroatoms. The number of nitrogens with one attached hydrogen (secondary N) is 1. The Morgan fingerprint density at radius 1 is 1.19 bits per heavy atom. The number of nitrogens with two attached hydrogens (primary N) is 1. The molecule has 1 atom stereocenters. The van der Waals surface area contributed by atoms with Gasteiger partial charge in [-0.05, 0) is 30.5 Å². The Morgan fingerprint density at radius 3 is 2.67 bits per heavy atom. The molecule has 2 aromatic rings. The second kappa shape index (κ2) is 6.78. The van der Waals surface area contributed by atoms with Gasteiger partial charge in [-0.2, -0.15) is 0 Å². The molecule has 0 radical (unpaired) electrons. The summed E-state index contributed by atoms with van der Waals surface area (Å²) in [5.41, 5.74) is 8.62. The molecule has 1 unspecified atom stereocenters. The summed E-state index contributed by atoms with van der Waals surface area (Å²) in [6, 6.07) is 13.9. The van der Waals surface area contributed by atoms with Gasteiger partial charge in [0, 0.05) is 24.8 Å². The third kappa shape index (κ3) is 3.46. The Hall–Kier alpha value is -1.78. The van der Waals surface area contributed by atoms with Crippen molar-refractivity contribution in [3.8, 4) is 11.3 Å². The number of hydrogen-bond donors (Lipinski definition) is 2. The minimum absolute atomic E-state index is 0. The molecule has 0 saturated carbocycles. The van der Waals surface area contributed by atoms with Gasteiger partial charge in [-0.3, -0.25) is 4.79 Å². The van der Waals surface area contributed by atoms with Crippen LogP contribution in [0.25, 0.3) is 11.3 Å². The number of benzene rings is 1. The van der Waals surface area contributed by atoms with E-state index >= 15 is 0 Å². The summed E-state index contributed by atoms with van der Waals surface area (Å²) in [4.78, 5) is 17.5. The number of carbonyl (C=O) groups excluding carboxylic acids is 1. The van der Waals surface area contributed by atoms with Gasteiger partial charge in [0.2, 0.25) is 0 Å². The lowest BCUT2D eigenvalue weighted by Gasteiger charge is -2.30. The molecule has 0 spiro atoms. The summed E-state index contributed by atoms with van der Waals surface area (Å²) >= 11 is 0. The molecule has 1 aromatic carbocycles. The highest BCUT2D eigenvalue weighted by Crippen LogP contribution is 2.19. The normalized spacial score (nSPS) is 18.1. The van der Waals surface area contributed by atoms with Gasteiger partial charge in [0.15, 0.2) is 0 Å². The van der Waals surface area contributed by atoms with E-state index < -0.39 is 0 Å². The number of aromatic amines is 1. The van der Waals surface area contributed by atoms with Crippen LogP contribution in [-0.2, 0) is 0 Å². The van der Waals surface area contributed by atoms with Crippen LogP contribution in [0.15, 0.2) is 42.5 Å². The number of H-pyrrole nitrogens is 1. The number of rotatable bonds is 2. The van der Waals surface area contributed by atoms with E-state index in [9.17, 15) is 4.79 Å². The fourth-order valence-corrected chi connectivity index (χ4v) is 2.67. The lowest BCUT2D eigenvalue weighted by Crippen LogP contribution is -2.45. The molecule has 112 valence electrons. The maximum absolute atomic E-state index is 12.4. The molecule has 1 aliphatic rings. The average molecular weight is 306 g/mol. The van der Waals surface area contributed by atoms with Gasteiger partial charge in [0.05, 0.1) is 0 Å². The summed E-state index contributed by atoms with van der Waals surface area (Å²) in [6.07, 6.45) is 1.99. The van der Waals surface area contributed by atoms with Crippen LogP contribution in [0.4, 0.5) is 0 Å². The van der Waals surface area contributed by atoms with Crippen LogP contribution in [0.2, 0.25) is 0 Å². The van der Waals surface area contributed by atoms with Crippen molar-refractivity contribution in [1.82, 2.24) is 9.88 Å². The molecule has 21 heavy (non-hydrogen) atoms. The number of nitrogens with zero attached hydrogens (tertiary/aromatic N) is 1. The molecule has 4 nitrogen and oxygen atoms in total. The Labute approximate surface area is 130 Å². The summed E-state index contributed by atoms with van der Waals surface area (Å²) in [5, 5.41) is 0. The highest BCUT2D eigenvalue weighted by atomic mass is 35.5. The molecule has 2 heterocycles. The second-order valence-electron chi connectivity index (χ2n) is 5.31. The molecular weight excluding hydrogens is 286 g/mol. The summed E-state index contributed by atoms with van der Waals surface area (Å²) in [7, 11) is 0. The van der Waals surface area contributed by atoms with Crippen molar-refractivity contribution in [3.63, 3.8) is 0 Å². The van der Waals surface area contributed by atoms with E-state index in [2.05, 4.69) is 4.98 Å². The number of likely N-dealkylation sites (tertiary alicyclic amines) is 1. The molecule has 0 bridgehead atoms. The summed E-state index contributed by atoms with van der Waals surface area (Å²) in [5.74, 6) is 0.0438. The SMILES string of the molecule is Cl.NC1CCCN(C(=O)c2ccc(-c3ccccc3)[nH]2)C1. The van der Waals surface area contributed by atoms with E-state index in [0.29, 0.717) is 12.2 Å². The van der Waals surface area contributed by atoms with Crippen LogP contribution in [-0.4, -0.2) is 34.9 Å². The largest absolute Gasteiger partial charge is 0.351 e. The van der Waals surface area contributed by atoms with E-state index in [-0.39, 0.29) is 24.4 Å². The van der Waals surface area contributed by atoms with Crippen molar-refractivity contribution in [1.29, 1.82) is 0 Å². The van der Waals surface area contributed by atoms with Crippen LogP contribution in [0.3, 0.4) is 0 Å². The third-order valence-corrected chi connectivity index (χ3v) is 3.75. The average Bonchev–Trinajstić information content (AvgIpc) is 2.97. The minimum Gasteiger partial charge on any atom is -0.351 e. The Kier molecular flexibility index (Phi) is 5.04. The molecule has 1 aliphatic heterocycles. The van der Waals surface area contributed by atoms with E-state index in [1.54, 1.807) is 0 Å².